The van der Waals surface area contributed by atoms with Crippen molar-refractivity contribution in [1.82, 2.24) is 0 Å². The fourth-order valence-electron chi connectivity index (χ4n) is 6.21. The topological polar surface area (TPSA) is 99.1 Å². The number of aliphatic hydroxyl groups is 1. The van der Waals surface area contributed by atoms with Crippen molar-refractivity contribution in [2.24, 2.45) is 17.3 Å². The van der Waals surface area contributed by atoms with Crippen LogP contribution in [0.4, 0.5) is 0 Å². The maximum Gasteiger partial charge on any atom is 0.351 e. The zero-order valence-corrected chi connectivity index (χ0v) is 19.2. The summed E-state index contributed by atoms with van der Waals surface area (Å²) in [5.41, 5.74) is -2.54. The maximum absolute atomic E-state index is 13.8. The number of benzene rings is 1. The molecule has 4 aliphatic rings. The molecule has 0 amide bonds. The Kier molecular flexibility index (Phi) is 4.99. The number of carbonyl (C=O) groups excluding carboxylic acids is 3. The quantitative estimate of drug-likeness (QED) is 0.517. The van der Waals surface area contributed by atoms with Gasteiger partial charge in [-0.25, -0.2) is 9.59 Å². The number of cyclic esters (lactones) is 1. The molecule has 174 valence electrons. The van der Waals surface area contributed by atoms with Crippen LogP contribution in [0.15, 0.2) is 47.9 Å². The average Bonchev–Trinajstić information content (AvgIpc) is 3.02. The van der Waals surface area contributed by atoms with Crippen molar-refractivity contribution in [3.05, 3.63) is 58.5 Å². The molecule has 2 fully saturated rings. The highest BCUT2D eigenvalue weighted by atomic mass is 35.5. The van der Waals surface area contributed by atoms with Gasteiger partial charge in [-0.2, -0.15) is 0 Å². The summed E-state index contributed by atoms with van der Waals surface area (Å²) >= 11 is 6.04. The summed E-state index contributed by atoms with van der Waals surface area (Å²) in [5.74, 6) is -2.95. The minimum absolute atomic E-state index is 0.0309. The van der Waals surface area contributed by atoms with Crippen molar-refractivity contribution in [2.75, 3.05) is 0 Å². The Bertz CT molecular complexity index is 1120. The monoisotopic (exact) mass is 472 g/mol. The number of halogens is 1. The van der Waals surface area contributed by atoms with E-state index >= 15 is 0 Å². The van der Waals surface area contributed by atoms with Gasteiger partial charge < -0.3 is 19.3 Å². The van der Waals surface area contributed by atoms with E-state index in [1.165, 1.54) is 6.07 Å². The van der Waals surface area contributed by atoms with E-state index in [0.717, 1.165) is 6.42 Å². The predicted octanol–water partition coefficient (Wildman–Crippen LogP) is 3.74. The number of ether oxygens (including phenoxy) is 3. The molecule has 1 aromatic rings. The summed E-state index contributed by atoms with van der Waals surface area (Å²) in [6.45, 7) is 7.33. The standard InChI is InChI=1S/C25H25ClO7/c1-12-18-21(33-22(28)14-7-6-8-15(26)11-14)25(30)10-5-4-9-16(25)24(12,3)20(27)17-19(32-18)13(2)31-23(17)29/h6-8,11-12,16,18,21,30H,2,4-5,9-10H2,1,3H3/t12-,16+,18+,21-,24-,25+/m1/s1. The number of hydrogen-bond acceptors (Lipinski definition) is 7. The molecule has 1 aromatic carbocycles. The number of rotatable bonds is 2. The first-order valence-electron chi connectivity index (χ1n) is 11.1. The molecular formula is C25H25ClO7. The molecule has 0 spiro atoms. The normalized spacial score (nSPS) is 37.5. The van der Waals surface area contributed by atoms with Crippen LogP contribution in [0.1, 0.15) is 49.9 Å². The van der Waals surface area contributed by atoms with E-state index in [2.05, 4.69) is 6.58 Å². The van der Waals surface area contributed by atoms with Crippen molar-refractivity contribution in [3.63, 3.8) is 0 Å². The van der Waals surface area contributed by atoms with Crippen LogP contribution in [0.3, 0.4) is 0 Å². The smallest absolute Gasteiger partial charge is 0.351 e. The zero-order valence-electron chi connectivity index (χ0n) is 18.4. The third-order valence-electron chi connectivity index (χ3n) is 8.04. The van der Waals surface area contributed by atoms with Crippen molar-refractivity contribution in [3.8, 4) is 0 Å². The van der Waals surface area contributed by atoms with Crippen LogP contribution in [0.2, 0.25) is 5.02 Å². The molecule has 2 aliphatic carbocycles. The Balaban J connectivity index is 1.63. The van der Waals surface area contributed by atoms with E-state index in [4.69, 9.17) is 25.8 Å². The first kappa shape index (κ1) is 22.2. The van der Waals surface area contributed by atoms with Gasteiger partial charge in [0.1, 0.15) is 17.3 Å². The van der Waals surface area contributed by atoms with Crippen molar-refractivity contribution >= 4 is 29.3 Å². The summed E-state index contributed by atoms with van der Waals surface area (Å²) in [6, 6.07) is 6.36. The summed E-state index contributed by atoms with van der Waals surface area (Å²) in [4.78, 5) is 39.4. The summed E-state index contributed by atoms with van der Waals surface area (Å²) in [6.07, 6.45) is 0.467. The summed E-state index contributed by atoms with van der Waals surface area (Å²) in [7, 11) is 0. The van der Waals surface area contributed by atoms with Gasteiger partial charge in [0.2, 0.25) is 0 Å². The SMILES string of the molecule is C=C1OC(=O)C2=C1O[C@@H]1[C@@H](OC(=O)c3cccc(Cl)c3)[C@]3(O)CCCC[C@H]3[C@](C)(C2=O)[C@@H]1C. The van der Waals surface area contributed by atoms with Crippen molar-refractivity contribution in [2.45, 2.75) is 57.3 Å². The Morgan fingerprint density at radius 1 is 1.30 bits per heavy atom. The van der Waals surface area contributed by atoms with Crippen LogP contribution in [0.25, 0.3) is 0 Å². The molecule has 1 N–H and O–H groups in total. The van der Waals surface area contributed by atoms with Crippen molar-refractivity contribution < 1.29 is 33.7 Å². The van der Waals surface area contributed by atoms with E-state index in [1.807, 2.05) is 6.92 Å². The van der Waals surface area contributed by atoms with Gasteiger partial charge in [-0.3, -0.25) is 4.79 Å². The lowest BCUT2D eigenvalue weighted by Crippen LogP contribution is -2.70. The Morgan fingerprint density at radius 2 is 2.06 bits per heavy atom. The number of hydrogen-bond donors (Lipinski definition) is 1. The van der Waals surface area contributed by atoms with Crippen LogP contribution in [0.5, 0.6) is 0 Å². The molecule has 0 unspecified atom stereocenters. The Labute approximate surface area is 196 Å². The molecule has 2 saturated carbocycles. The first-order chi connectivity index (χ1) is 15.6. The Hall–Kier alpha value is -2.64. The second kappa shape index (κ2) is 7.43. The Morgan fingerprint density at radius 3 is 2.79 bits per heavy atom. The first-order valence-corrected chi connectivity index (χ1v) is 11.5. The van der Waals surface area contributed by atoms with Crippen LogP contribution in [0, 0.1) is 17.3 Å². The van der Waals surface area contributed by atoms with Gasteiger partial charge in [0, 0.05) is 22.3 Å². The number of fused-ring (bicyclic) bond motifs is 4. The maximum atomic E-state index is 13.8. The summed E-state index contributed by atoms with van der Waals surface area (Å²) < 4.78 is 17.2. The molecule has 33 heavy (non-hydrogen) atoms. The molecule has 2 aliphatic heterocycles. The third kappa shape index (κ3) is 3.02. The average molecular weight is 473 g/mol. The molecular weight excluding hydrogens is 448 g/mol. The molecule has 6 atom stereocenters. The number of esters is 2. The fraction of sp³-hybridized carbons (Fsp3) is 0.480. The third-order valence-corrected chi connectivity index (χ3v) is 8.28. The minimum atomic E-state index is -1.50. The fourth-order valence-corrected chi connectivity index (χ4v) is 6.40. The highest BCUT2D eigenvalue weighted by Gasteiger charge is 2.70. The highest BCUT2D eigenvalue weighted by Crippen LogP contribution is 2.60. The van der Waals surface area contributed by atoms with Gasteiger partial charge in [0.25, 0.3) is 0 Å². The zero-order chi connectivity index (χ0) is 23.7. The molecule has 8 heteroatoms. The molecule has 0 saturated heterocycles. The van der Waals surface area contributed by atoms with Gasteiger partial charge in [-0.15, -0.1) is 0 Å². The lowest BCUT2D eigenvalue weighted by Gasteiger charge is -2.59. The molecule has 2 bridgehead atoms. The largest absolute Gasteiger partial charge is 0.481 e. The number of carbonyl (C=O) groups is 3. The van der Waals surface area contributed by atoms with Crippen LogP contribution < -0.4 is 0 Å². The van der Waals surface area contributed by atoms with E-state index in [-0.39, 0.29) is 22.7 Å². The second-order valence-corrected chi connectivity index (χ2v) is 10.1. The molecule has 0 aromatic heterocycles. The van der Waals surface area contributed by atoms with E-state index in [1.54, 1.807) is 25.1 Å². The van der Waals surface area contributed by atoms with E-state index in [0.29, 0.717) is 24.3 Å². The van der Waals surface area contributed by atoms with Gasteiger partial charge in [0.05, 0.1) is 5.56 Å². The van der Waals surface area contributed by atoms with E-state index < -0.39 is 52.8 Å². The van der Waals surface area contributed by atoms with Gasteiger partial charge in [-0.1, -0.05) is 50.9 Å². The second-order valence-electron chi connectivity index (χ2n) is 9.63. The van der Waals surface area contributed by atoms with E-state index in [9.17, 15) is 19.5 Å². The number of ketones is 1. The predicted molar refractivity (Wildman–Crippen MR) is 117 cm³/mol. The highest BCUT2D eigenvalue weighted by molar-refractivity contribution is 6.30. The molecule has 0 radical (unpaired) electrons. The molecule has 5 rings (SSSR count). The molecule has 2 heterocycles. The lowest BCUT2D eigenvalue weighted by molar-refractivity contribution is -0.247. The minimum Gasteiger partial charge on any atom is -0.481 e. The van der Waals surface area contributed by atoms with Gasteiger partial charge >= 0.3 is 11.9 Å². The molecule has 7 nitrogen and oxygen atoms in total. The summed E-state index contributed by atoms with van der Waals surface area (Å²) in [5, 5.41) is 12.4. The van der Waals surface area contributed by atoms with Gasteiger partial charge in [-0.05, 0) is 31.0 Å². The lowest BCUT2D eigenvalue weighted by atomic mass is 9.48. The van der Waals surface area contributed by atoms with Crippen LogP contribution in [-0.2, 0) is 23.8 Å². The van der Waals surface area contributed by atoms with Gasteiger partial charge in [0.15, 0.2) is 23.4 Å². The van der Waals surface area contributed by atoms with Crippen LogP contribution >= 0.6 is 11.6 Å². The van der Waals surface area contributed by atoms with Crippen molar-refractivity contribution in [1.29, 1.82) is 0 Å². The number of Topliss-reactive ketones (excluding diaryl/α,β-unsaturated/α-hetero) is 1. The van der Waals surface area contributed by atoms with Crippen LogP contribution in [-0.4, -0.2) is 40.6 Å².